The number of benzene rings is 2. The first-order chi connectivity index (χ1) is 8.36. The van der Waals surface area contributed by atoms with Crippen LogP contribution in [0.1, 0.15) is 17.2 Å². The van der Waals surface area contributed by atoms with E-state index < -0.39 is 0 Å². The van der Waals surface area contributed by atoms with E-state index in [2.05, 4.69) is 28.4 Å². The highest BCUT2D eigenvalue weighted by atomic mass is 35.5. The van der Waals surface area contributed by atoms with Crippen LogP contribution >= 0.6 is 11.8 Å². The van der Waals surface area contributed by atoms with Gasteiger partial charge in [-0.3, -0.25) is 4.84 Å². The summed E-state index contributed by atoms with van der Waals surface area (Å²) in [6, 6.07) is 18.5. The van der Waals surface area contributed by atoms with Crippen molar-refractivity contribution in [3.05, 3.63) is 65.7 Å². The monoisotopic (exact) mass is 246 g/mol. The number of hydrogen-bond acceptors (Lipinski definition) is 2. The van der Waals surface area contributed by atoms with Crippen molar-refractivity contribution in [1.29, 1.82) is 0 Å². The summed E-state index contributed by atoms with van der Waals surface area (Å²) in [6.07, 6.45) is 0. The number of para-hydroxylation sites is 1. The first kappa shape index (κ1) is 12.0. The molecule has 0 heterocycles. The third kappa shape index (κ3) is 2.60. The standard InChI is InChI=1S/C14H15ClN2/c1-16-14(11-7-3-2-4-8-11)12-9-5-6-10-13(12)17-15/h2-10,14,16-17H,1H3. The summed E-state index contributed by atoms with van der Waals surface area (Å²) in [6.45, 7) is 0. The quantitative estimate of drug-likeness (QED) is 0.806. The van der Waals surface area contributed by atoms with E-state index in [0.29, 0.717) is 0 Å². The molecule has 0 amide bonds. The number of anilines is 1. The SMILES string of the molecule is CNC(c1ccccc1)c1ccccc1NCl. The molecule has 2 rings (SSSR count). The van der Waals surface area contributed by atoms with Gasteiger partial charge in [0.1, 0.15) is 0 Å². The van der Waals surface area contributed by atoms with Crippen LogP contribution in [-0.2, 0) is 0 Å². The molecule has 0 saturated carbocycles. The van der Waals surface area contributed by atoms with Gasteiger partial charge in [0.05, 0.1) is 11.7 Å². The van der Waals surface area contributed by atoms with Gasteiger partial charge in [-0.25, -0.2) is 0 Å². The molecule has 0 spiro atoms. The average Bonchev–Trinajstić information content (AvgIpc) is 2.41. The maximum Gasteiger partial charge on any atom is 0.0595 e. The molecule has 2 nitrogen and oxygen atoms in total. The Hall–Kier alpha value is -1.51. The summed E-state index contributed by atoms with van der Waals surface area (Å²) in [4.78, 5) is 2.71. The molecule has 17 heavy (non-hydrogen) atoms. The molecule has 0 aliphatic heterocycles. The second-order valence-corrected chi connectivity index (χ2v) is 4.00. The molecule has 0 aliphatic carbocycles. The summed E-state index contributed by atoms with van der Waals surface area (Å²) in [5.41, 5.74) is 3.28. The van der Waals surface area contributed by atoms with Gasteiger partial charge in [0.25, 0.3) is 0 Å². The molecule has 2 aromatic rings. The zero-order valence-electron chi connectivity index (χ0n) is 9.65. The lowest BCUT2D eigenvalue weighted by Crippen LogP contribution is -2.18. The van der Waals surface area contributed by atoms with Gasteiger partial charge in [0.15, 0.2) is 0 Å². The predicted octanol–water partition coefficient (Wildman–Crippen LogP) is 3.56. The Morgan fingerprint density at radius 2 is 1.59 bits per heavy atom. The Balaban J connectivity index is 2.42. The lowest BCUT2D eigenvalue weighted by Gasteiger charge is -2.19. The van der Waals surface area contributed by atoms with Crippen LogP contribution in [0.5, 0.6) is 0 Å². The van der Waals surface area contributed by atoms with Gasteiger partial charge in [0.2, 0.25) is 0 Å². The molecule has 0 aromatic heterocycles. The molecule has 0 fully saturated rings. The first-order valence-corrected chi connectivity index (χ1v) is 5.92. The fourth-order valence-electron chi connectivity index (χ4n) is 1.98. The van der Waals surface area contributed by atoms with Gasteiger partial charge in [-0.2, -0.15) is 0 Å². The van der Waals surface area contributed by atoms with E-state index in [1.54, 1.807) is 0 Å². The van der Waals surface area contributed by atoms with Crippen LogP contribution in [0.3, 0.4) is 0 Å². The Morgan fingerprint density at radius 3 is 2.24 bits per heavy atom. The van der Waals surface area contributed by atoms with Gasteiger partial charge >= 0.3 is 0 Å². The second kappa shape index (κ2) is 5.71. The molecular formula is C14H15ClN2. The summed E-state index contributed by atoms with van der Waals surface area (Å²) < 4.78 is 0. The van der Waals surface area contributed by atoms with Gasteiger partial charge in [-0.1, -0.05) is 48.5 Å². The van der Waals surface area contributed by atoms with E-state index >= 15 is 0 Å². The molecule has 1 unspecified atom stereocenters. The van der Waals surface area contributed by atoms with Crippen LogP contribution in [0, 0.1) is 0 Å². The highest BCUT2D eigenvalue weighted by Gasteiger charge is 2.14. The topological polar surface area (TPSA) is 24.1 Å². The summed E-state index contributed by atoms with van der Waals surface area (Å²) in [5, 5.41) is 3.31. The molecule has 0 aliphatic rings. The van der Waals surface area contributed by atoms with Crippen molar-refractivity contribution in [2.75, 3.05) is 11.9 Å². The Labute approximate surface area is 107 Å². The Kier molecular flexibility index (Phi) is 4.02. The van der Waals surface area contributed by atoms with Crippen LogP contribution in [0.15, 0.2) is 54.6 Å². The molecule has 0 saturated heterocycles. The number of hydrogen-bond donors (Lipinski definition) is 2. The van der Waals surface area contributed by atoms with E-state index in [-0.39, 0.29) is 6.04 Å². The van der Waals surface area contributed by atoms with Crippen molar-refractivity contribution in [2.45, 2.75) is 6.04 Å². The van der Waals surface area contributed by atoms with Crippen LogP contribution in [0.25, 0.3) is 0 Å². The van der Waals surface area contributed by atoms with Crippen molar-refractivity contribution < 1.29 is 0 Å². The van der Waals surface area contributed by atoms with Gasteiger partial charge in [-0.15, -0.1) is 0 Å². The van der Waals surface area contributed by atoms with Crippen molar-refractivity contribution in [1.82, 2.24) is 5.32 Å². The second-order valence-electron chi connectivity index (χ2n) is 3.81. The maximum absolute atomic E-state index is 5.74. The van der Waals surface area contributed by atoms with E-state index in [1.807, 2.05) is 43.4 Å². The third-order valence-electron chi connectivity index (χ3n) is 2.80. The number of rotatable bonds is 4. The average molecular weight is 247 g/mol. The minimum atomic E-state index is 0.138. The van der Waals surface area contributed by atoms with Gasteiger partial charge < -0.3 is 5.32 Å². The Bertz CT molecular complexity index is 471. The fourth-order valence-corrected chi connectivity index (χ4v) is 2.15. The summed E-state index contributed by atoms with van der Waals surface area (Å²) >= 11 is 5.74. The van der Waals surface area contributed by atoms with E-state index in [9.17, 15) is 0 Å². The van der Waals surface area contributed by atoms with Crippen LogP contribution in [0.2, 0.25) is 0 Å². The molecule has 0 radical (unpaired) electrons. The predicted molar refractivity (Wildman–Crippen MR) is 73.3 cm³/mol. The highest BCUT2D eigenvalue weighted by Crippen LogP contribution is 2.28. The smallest absolute Gasteiger partial charge is 0.0595 e. The third-order valence-corrected chi connectivity index (χ3v) is 3.00. The molecule has 1 atom stereocenters. The first-order valence-electron chi connectivity index (χ1n) is 5.54. The molecule has 2 N–H and O–H groups in total. The van der Waals surface area contributed by atoms with Crippen molar-refractivity contribution in [2.24, 2.45) is 0 Å². The van der Waals surface area contributed by atoms with Crippen LogP contribution in [0.4, 0.5) is 5.69 Å². The van der Waals surface area contributed by atoms with Crippen molar-refractivity contribution in [3.63, 3.8) is 0 Å². The lowest BCUT2D eigenvalue weighted by molar-refractivity contribution is 0.694. The van der Waals surface area contributed by atoms with Gasteiger partial charge in [0, 0.05) is 11.8 Å². The van der Waals surface area contributed by atoms with E-state index in [4.69, 9.17) is 11.8 Å². The van der Waals surface area contributed by atoms with Crippen molar-refractivity contribution >= 4 is 17.5 Å². The molecular weight excluding hydrogens is 232 g/mol. The fraction of sp³-hybridized carbons (Fsp3) is 0.143. The minimum absolute atomic E-state index is 0.138. The molecule has 2 aromatic carbocycles. The Morgan fingerprint density at radius 1 is 0.941 bits per heavy atom. The van der Waals surface area contributed by atoms with Gasteiger partial charge in [-0.05, 0) is 24.2 Å². The van der Waals surface area contributed by atoms with Crippen LogP contribution in [-0.4, -0.2) is 7.05 Å². The highest BCUT2D eigenvalue weighted by molar-refractivity contribution is 6.24. The minimum Gasteiger partial charge on any atom is -0.309 e. The normalized spacial score (nSPS) is 12.1. The summed E-state index contributed by atoms with van der Waals surface area (Å²) in [7, 11) is 1.95. The molecule has 88 valence electrons. The van der Waals surface area contributed by atoms with Crippen molar-refractivity contribution in [3.8, 4) is 0 Å². The maximum atomic E-state index is 5.74. The largest absolute Gasteiger partial charge is 0.309 e. The lowest BCUT2D eigenvalue weighted by atomic mass is 9.97. The summed E-state index contributed by atoms with van der Waals surface area (Å²) in [5.74, 6) is 0. The number of nitrogens with one attached hydrogen (secondary N) is 2. The zero-order valence-corrected chi connectivity index (χ0v) is 10.4. The zero-order chi connectivity index (χ0) is 12.1. The molecule has 3 heteroatoms. The van der Waals surface area contributed by atoms with E-state index in [0.717, 1.165) is 11.3 Å². The molecule has 0 bridgehead atoms. The van der Waals surface area contributed by atoms with E-state index in [1.165, 1.54) is 5.56 Å². The van der Waals surface area contributed by atoms with Crippen LogP contribution < -0.4 is 10.2 Å². The number of halogens is 1.